The molecule has 0 saturated heterocycles. The number of benzene rings is 2. The lowest BCUT2D eigenvalue weighted by Gasteiger charge is -2.27. The van der Waals surface area contributed by atoms with Crippen molar-refractivity contribution in [3.8, 4) is 11.5 Å². The van der Waals surface area contributed by atoms with Crippen molar-refractivity contribution in [3.05, 3.63) is 70.1 Å². The van der Waals surface area contributed by atoms with Crippen molar-refractivity contribution in [1.29, 1.82) is 0 Å². The monoisotopic (exact) mass is 428 g/mol. The minimum atomic E-state index is -0.991. The second-order valence-corrected chi connectivity index (χ2v) is 9.05. The van der Waals surface area contributed by atoms with Crippen molar-refractivity contribution in [2.24, 2.45) is 11.8 Å². The van der Waals surface area contributed by atoms with Gasteiger partial charge in [0.15, 0.2) is 23.1 Å². The van der Waals surface area contributed by atoms with Crippen molar-refractivity contribution in [3.63, 3.8) is 0 Å². The number of ether oxygens (including phenoxy) is 1. The van der Waals surface area contributed by atoms with Crippen molar-refractivity contribution >= 4 is 0 Å². The molecule has 1 aliphatic carbocycles. The number of fused-ring (bicyclic) bond motifs is 2. The lowest BCUT2D eigenvalue weighted by Crippen LogP contribution is -2.15. The van der Waals surface area contributed by atoms with Crippen LogP contribution in [0, 0.1) is 29.3 Å². The van der Waals surface area contributed by atoms with Crippen molar-refractivity contribution in [1.82, 2.24) is 0 Å². The highest BCUT2D eigenvalue weighted by Gasteiger charge is 2.28. The Morgan fingerprint density at radius 3 is 2.35 bits per heavy atom. The van der Waals surface area contributed by atoms with Gasteiger partial charge in [-0.1, -0.05) is 37.6 Å². The maximum absolute atomic E-state index is 14.9. The van der Waals surface area contributed by atoms with Gasteiger partial charge in [-0.25, -0.2) is 8.78 Å². The molecule has 0 radical (unpaired) electrons. The van der Waals surface area contributed by atoms with E-state index < -0.39 is 17.5 Å². The Bertz CT molecular complexity index is 971. The van der Waals surface area contributed by atoms with E-state index in [0.29, 0.717) is 53.4 Å². The molecule has 166 valence electrons. The number of hydrogen-bond donors (Lipinski definition) is 0. The highest BCUT2D eigenvalue weighted by atomic mass is 19.2. The summed E-state index contributed by atoms with van der Waals surface area (Å²) in [6.45, 7) is 4.03. The summed E-state index contributed by atoms with van der Waals surface area (Å²) >= 11 is 0. The molecule has 4 rings (SSSR count). The first-order chi connectivity index (χ1) is 15.0. The number of hydrogen-bond acceptors (Lipinski definition) is 1. The molecule has 1 aliphatic heterocycles. The van der Waals surface area contributed by atoms with E-state index in [1.807, 2.05) is 13.0 Å². The second kappa shape index (κ2) is 9.50. The molecule has 4 heteroatoms. The van der Waals surface area contributed by atoms with Gasteiger partial charge in [-0.2, -0.15) is 4.39 Å². The first-order valence-corrected chi connectivity index (χ1v) is 11.6. The third-order valence-corrected chi connectivity index (χ3v) is 6.86. The zero-order valence-corrected chi connectivity index (χ0v) is 18.4. The first kappa shape index (κ1) is 22.0. The number of allylic oxidation sites excluding steroid dienone is 2. The van der Waals surface area contributed by atoms with E-state index in [0.717, 1.165) is 25.7 Å². The van der Waals surface area contributed by atoms with Crippen LogP contribution in [-0.4, -0.2) is 0 Å². The lowest BCUT2D eigenvalue weighted by molar-refractivity contribution is 0.294. The van der Waals surface area contributed by atoms with E-state index in [1.54, 1.807) is 12.1 Å². The Kier molecular flexibility index (Phi) is 6.74. The standard InChI is InChI=1S/C27H31F3O/c1-3-5-17-7-9-18(10-8-17)11-12-20-15-22-16-21-14-13-19(6-4-2)24(29)26(21)31-27(22)25(30)23(20)28/h3,5,13-15,17-18H,4,6-12,16H2,1-2H3/b5-3+. The third-order valence-electron chi connectivity index (χ3n) is 6.86. The van der Waals surface area contributed by atoms with E-state index in [4.69, 9.17) is 4.74 Å². The molecule has 1 saturated carbocycles. The Morgan fingerprint density at radius 1 is 0.903 bits per heavy atom. The Hall–Kier alpha value is -2.23. The molecule has 31 heavy (non-hydrogen) atoms. The molecule has 0 bridgehead atoms. The lowest BCUT2D eigenvalue weighted by atomic mass is 9.79. The molecule has 2 aromatic carbocycles. The molecular formula is C27H31F3O. The summed E-state index contributed by atoms with van der Waals surface area (Å²) in [5, 5.41) is 0. The van der Waals surface area contributed by atoms with E-state index in [2.05, 4.69) is 19.1 Å². The van der Waals surface area contributed by atoms with Crippen LogP contribution in [0.4, 0.5) is 13.2 Å². The SMILES string of the molecule is C/C=C/C1CCC(CCc2cc3c(c(F)c2F)Oc2c(ccc(CCC)c2F)C3)CC1. The van der Waals surface area contributed by atoms with Gasteiger partial charge in [-0.15, -0.1) is 0 Å². The zero-order valence-electron chi connectivity index (χ0n) is 18.4. The average molecular weight is 429 g/mol. The topological polar surface area (TPSA) is 9.23 Å². The van der Waals surface area contributed by atoms with Gasteiger partial charge in [-0.3, -0.25) is 0 Å². The van der Waals surface area contributed by atoms with Gasteiger partial charge in [0.1, 0.15) is 0 Å². The number of rotatable bonds is 6. The third kappa shape index (κ3) is 4.53. The van der Waals surface area contributed by atoms with Crippen LogP contribution >= 0.6 is 0 Å². The Balaban J connectivity index is 1.50. The molecule has 0 unspecified atom stereocenters. The van der Waals surface area contributed by atoms with Crippen molar-refractivity contribution in [2.75, 3.05) is 0 Å². The number of halogens is 3. The van der Waals surface area contributed by atoms with Gasteiger partial charge >= 0.3 is 0 Å². The molecule has 0 aromatic heterocycles. The molecule has 0 spiro atoms. The van der Waals surface area contributed by atoms with Gasteiger partial charge in [-0.05, 0) is 80.9 Å². The smallest absolute Gasteiger partial charge is 0.201 e. The maximum Gasteiger partial charge on any atom is 0.201 e. The Labute approximate surface area is 183 Å². The van der Waals surface area contributed by atoms with E-state index in [-0.39, 0.29) is 11.5 Å². The van der Waals surface area contributed by atoms with Crippen molar-refractivity contribution < 1.29 is 17.9 Å². The average Bonchev–Trinajstić information content (AvgIpc) is 2.78. The maximum atomic E-state index is 14.9. The van der Waals surface area contributed by atoms with Crippen molar-refractivity contribution in [2.45, 2.75) is 71.6 Å². The fourth-order valence-electron chi connectivity index (χ4n) is 5.10. The van der Waals surface area contributed by atoms with Gasteiger partial charge < -0.3 is 4.74 Å². The predicted molar refractivity (Wildman–Crippen MR) is 118 cm³/mol. The minimum Gasteiger partial charge on any atom is -0.450 e. The van der Waals surface area contributed by atoms with Gasteiger partial charge in [0.25, 0.3) is 0 Å². The highest BCUT2D eigenvalue weighted by molar-refractivity contribution is 5.53. The molecule has 1 heterocycles. The molecule has 2 aromatic rings. The van der Waals surface area contributed by atoms with E-state index in [1.165, 1.54) is 12.8 Å². The first-order valence-electron chi connectivity index (χ1n) is 11.6. The van der Waals surface area contributed by atoms with Crippen LogP contribution in [0.15, 0.2) is 30.4 Å². The molecule has 1 fully saturated rings. The van der Waals surface area contributed by atoms with Gasteiger partial charge in [0.05, 0.1) is 0 Å². The molecule has 1 nitrogen and oxygen atoms in total. The highest BCUT2D eigenvalue weighted by Crippen LogP contribution is 2.42. The summed E-state index contributed by atoms with van der Waals surface area (Å²) in [5.74, 6) is -1.19. The van der Waals surface area contributed by atoms with Crippen LogP contribution in [0.5, 0.6) is 11.5 Å². The summed E-state index contributed by atoms with van der Waals surface area (Å²) < 4.78 is 50.1. The van der Waals surface area contributed by atoms with Gasteiger partial charge in [0.2, 0.25) is 5.82 Å². The predicted octanol–water partition coefficient (Wildman–Crippen LogP) is 8.07. The molecule has 2 aliphatic rings. The van der Waals surface area contributed by atoms with Crippen LogP contribution in [0.1, 0.15) is 74.6 Å². The quantitative estimate of drug-likeness (QED) is 0.361. The van der Waals surface area contributed by atoms with Crippen LogP contribution in [0.25, 0.3) is 0 Å². The summed E-state index contributed by atoms with van der Waals surface area (Å²) in [5.41, 5.74) is 2.23. The molecule has 0 atom stereocenters. The van der Waals surface area contributed by atoms with Crippen LogP contribution in [0.3, 0.4) is 0 Å². The molecule has 0 amide bonds. The summed E-state index contributed by atoms with van der Waals surface area (Å²) in [7, 11) is 0. The molecule has 0 N–H and O–H groups in total. The normalized spacial score (nSPS) is 20.4. The van der Waals surface area contributed by atoms with Crippen LogP contribution in [-0.2, 0) is 19.3 Å². The van der Waals surface area contributed by atoms with E-state index in [9.17, 15) is 13.2 Å². The van der Waals surface area contributed by atoms with Crippen LogP contribution in [0.2, 0.25) is 0 Å². The fourth-order valence-corrected chi connectivity index (χ4v) is 5.10. The van der Waals surface area contributed by atoms with E-state index >= 15 is 0 Å². The summed E-state index contributed by atoms with van der Waals surface area (Å²) in [6.07, 6.45) is 12.1. The minimum absolute atomic E-state index is 0.0439. The summed E-state index contributed by atoms with van der Waals surface area (Å²) in [6, 6.07) is 5.34. The second-order valence-electron chi connectivity index (χ2n) is 9.05. The summed E-state index contributed by atoms with van der Waals surface area (Å²) in [4.78, 5) is 0. The van der Waals surface area contributed by atoms with Gasteiger partial charge in [0, 0.05) is 17.5 Å². The zero-order chi connectivity index (χ0) is 22.0. The van der Waals surface area contributed by atoms with Crippen LogP contribution < -0.4 is 4.74 Å². The molecular weight excluding hydrogens is 397 g/mol. The largest absolute Gasteiger partial charge is 0.450 e. The fraction of sp³-hybridized carbons (Fsp3) is 0.481. The Morgan fingerprint density at radius 2 is 1.65 bits per heavy atom. The number of aryl methyl sites for hydroxylation is 2.